The number of rotatable bonds is 3. The fourth-order valence-corrected chi connectivity index (χ4v) is 2.36. The Kier molecular flexibility index (Phi) is 4.02. The van der Waals surface area contributed by atoms with Gasteiger partial charge in [-0.2, -0.15) is 0 Å². The third kappa shape index (κ3) is 3.10. The predicted octanol–water partition coefficient (Wildman–Crippen LogP) is 1.57. The van der Waals surface area contributed by atoms with E-state index in [0.29, 0.717) is 12.3 Å². The topological polar surface area (TPSA) is 41.1 Å². The number of aryl methyl sites for hydroxylation is 2. The Morgan fingerprint density at radius 1 is 1.33 bits per heavy atom. The lowest BCUT2D eigenvalue weighted by Crippen LogP contribution is -2.40. The van der Waals surface area contributed by atoms with Crippen LogP contribution in [0, 0.1) is 19.8 Å². The molecule has 0 saturated carbocycles. The van der Waals surface area contributed by atoms with Crippen LogP contribution in [0.2, 0.25) is 0 Å². The van der Waals surface area contributed by atoms with Crippen molar-refractivity contribution in [1.82, 2.24) is 10.6 Å². The van der Waals surface area contributed by atoms with Crippen LogP contribution >= 0.6 is 0 Å². The van der Waals surface area contributed by atoms with Crippen molar-refractivity contribution >= 4 is 5.91 Å². The summed E-state index contributed by atoms with van der Waals surface area (Å²) in [5.74, 6) is 0.646. The standard InChI is InChI=1S/C15H22N2O/c1-10-4-5-13(6-11(10)2)7-15(18)17-14-9-16-8-12(14)3/h4-6,12,14,16H,7-9H2,1-3H3,(H,17,18). The summed E-state index contributed by atoms with van der Waals surface area (Å²) in [6, 6.07) is 6.50. The summed E-state index contributed by atoms with van der Waals surface area (Å²) in [6.07, 6.45) is 0.477. The molecule has 2 N–H and O–H groups in total. The molecule has 0 aliphatic carbocycles. The van der Waals surface area contributed by atoms with Gasteiger partial charge in [-0.15, -0.1) is 0 Å². The van der Waals surface area contributed by atoms with Crippen LogP contribution in [0.15, 0.2) is 18.2 Å². The van der Waals surface area contributed by atoms with E-state index in [9.17, 15) is 4.79 Å². The van der Waals surface area contributed by atoms with Crippen LogP contribution in [0.25, 0.3) is 0 Å². The Balaban J connectivity index is 1.92. The van der Waals surface area contributed by atoms with Crippen molar-refractivity contribution < 1.29 is 4.79 Å². The first-order valence-electron chi connectivity index (χ1n) is 6.62. The van der Waals surface area contributed by atoms with E-state index in [1.165, 1.54) is 11.1 Å². The first kappa shape index (κ1) is 13.1. The van der Waals surface area contributed by atoms with Gasteiger partial charge in [0, 0.05) is 12.6 Å². The van der Waals surface area contributed by atoms with E-state index < -0.39 is 0 Å². The molecule has 1 aliphatic rings. The molecular formula is C15H22N2O. The molecule has 1 amide bonds. The number of hydrogen-bond acceptors (Lipinski definition) is 2. The third-order valence-electron chi connectivity index (χ3n) is 3.80. The first-order valence-corrected chi connectivity index (χ1v) is 6.62. The summed E-state index contributed by atoms with van der Waals surface area (Å²) in [5, 5.41) is 6.40. The molecule has 2 rings (SSSR count). The molecule has 0 spiro atoms. The van der Waals surface area contributed by atoms with Gasteiger partial charge in [-0.3, -0.25) is 4.79 Å². The molecule has 1 aromatic carbocycles. The Morgan fingerprint density at radius 2 is 2.11 bits per heavy atom. The number of carbonyl (C=O) groups excluding carboxylic acids is 1. The van der Waals surface area contributed by atoms with Crippen LogP contribution in [0.1, 0.15) is 23.6 Å². The highest BCUT2D eigenvalue weighted by Gasteiger charge is 2.24. The van der Waals surface area contributed by atoms with Gasteiger partial charge in [0.05, 0.1) is 6.42 Å². The van der Waals surface area contributed by atoms with Gasteiger partial charge in [-0.25, -0.2) is 0 Å². The number of nitrogens with one attached hydrogen (secondary N) is 2. The van der Waals surface area contributed by atoms with Gasteiger partial charge >= 0.3 is 0 Å². The highest BCUT2D eigenvalue weighted by atomic mass is 16.1. The van der Waals surface area contributed by atoms with Crippen molar-refractivity contribution in [1.29, 1.82) is 0 Å². The van der Waals surface area contributed by atoms with E-state index in [0.717, 1.165) is 18.7 Å². The van der Waals surface area contributed by atoms with Gasteiger partial charge < -0.3 is 10.6 Å². The molecule has 2 atom stereocenters. The van der Waals surface area contributed by atoms with Crippen molar-refractivity contribution in [3.8, 4) is 0 Å². The van der Waals surface area contributed by atoms with E-state index >= 15 is 0 Å². The second-order valence-corrected chi connectivity index (χ2v) is 5.40. The predicted molar refractivity (Wildman–Crippen MR) is 73.6 cm³/mol. The SMILES string of the molecule is Cc1ccc(CC(=O)NC2CNCC2C)cc1C. The lowest BCUT2D eigenvalue weighted by molar-refractivity contribution is -0.121. The zero-order valence-corrected chi connectivity index (χ0v) is 11.4. The minimum Gasteiger partial charge on any atom is -0.351 e. The van der Waals surface area contributed by atoms with Crippen LogP contribution in [0.5, 0.6) is 0 Å². The van der Waals surface area contributed by atoms with Crippen molar-refractivity contribution in [2.24, 2.45) is 5.92 Å². The van der Waals surface area contributed by atoms with Gasteiger partial charge in [-0.1, -0.05) is 25.1 Å². The Bertz CT molecular complexity index is 442. The fraction of sp³-hybridized carbons (Fsp3) is 0.533. The van der Waals surface area contributed by atoms with Crippen LogP contribution in [0.3, 0.4) is 0 Å². The van der Waals surface area contributed by atoms with Gasteiger partial charge in [0.1, 0.15) is 0 Å². The maximum atomic E-state index is 12.0. The van der Waals surface area contributed by atoms with Crippen molar-refractivity contribution in [2.45, 2.75) is 33.2 Å². The van der Waals surface area contributed by atoms with E-state index in [4.69, 9.17) is 0 Å². The number of benzene rings is 1. The number of carbonyl (C=O) groups is 1. The molecule has 3 heteroatoms. The van der Waals surface area contributed by atoms with Crippen LogP contribution in [-0.4, -0.2) is 25.0 Å². The summed E-state index contributed by atoms with van der Waals surface area (Å²) in [5.41, 5.74) is 3.61. The zero-order chi connectivity index (χ0) is 13.1. The van der Waals surface area contributed by atoms with E-state index in [1.54, 1.807) is 0 Å². The van der Waals surface area contributed by atoms with Crippen molar-refractivity contribution in [2.75, 3.05) is 13.1 Å². The third-order valence-corrected chi connectivity index (χ3v) is 3.80. The van der Waals surface area contributed by atoms with Crippen LogP contribution in [-0.2, 0) is 11.2 Å². The summed E-state index contributed by atoms with van der Waals surface area (Å²) in [4.78, 5) is 12.0. The largest absolute Gasteiger partial charge is 0.351 e. The van der Waals surface area contributed by atoms with Crippen molar-refractivity contribution in [3.05, 3.63) is 34.9 Å². The minimum atomic E-state index is 0.124. The number of hydrogen-bond donors (Lipinski definition) is 2. The Labute approximate surface area is 109 Å². The monoisotopic (exact) mass is 246 g/mol. The second-order valence-electron chi connectivity index (χ2n) is 5.40. The molecule has 0 bridgehead atoms. The lowest BCUT2D eigenvalue weighted by Gasteiger charge is -2.16. The highest BCUT2D eigenvalue weighted by molar-refractivity contribution is 5.79. The first-order chi connectivity index (χ1) is 8.56. The molecular weight excluding hydrogens is 224 g/mol. The van der Waals surface area contributed by atoms with E-state index in [-0.39, 0.29) is 11.9 Å². The minimum absolute atomic E-state index is 0.124. The lowest BCUT2D eigenvalue weighted by atomic mass is 10.0. The summed E-state index contributed by atoms with van der Waals surface area (Å²) in [6.45, 7) is 8.22. The zero-order valence-electron chi connectivity index (χ0n) is 11.4. The van der Waals surface area contributed by atoms with Gasteiger partial charge in [0.25, 0.3) is 0 Å². The molecule has 0 aromatic heterocycles. The average molecular weight is 246 g/mol. The van der Waals surface area contributed by atoms with E-state index in [2.05, 4.69) is 43.5 Å². The average Bonchev–Trinajstić information content (AvgIpc) is 2.70. The molecule has 1 fully saturated rings. The highest BCUT2D eigenvalue weighted by Crippen LogP contribution is 2.11. The smallest absolute Gasteiger partial charge is 0.224 e. The normalized spacial score (nSPS) is 23.1. The quantitative estimate of drug-likeness (QED) is 0.850. The molecule has 0 radical (unpaired) electrons. The van der Waals surface area contributed by atoms with Crippen LogP contribution < -0.4 is 10.6 Å². The Morgan fingerprint density at radius 3 is 2.72 bits per heavy atom. The molecule has 1 heterocycles. The van der Waals surface area contributed by atoms with Crippen LogP contribution in [0.4, 0.5) is 0 Å². The fourth-order valence-electron chi connectivity index (χ4n) is 2.36. The van der Waals surface area contributed by atoms with Crippen molar-refractivity contribution in [3.63, 3.8) is 0 Å². The summed E-state index contributed by atoms with van der Waals surface area (Å²) in [7, 11) is 0. The molecule has 98 valence electrons. The molecule has 1 saturated heterocycles. The molecule has 3 nitrogen and oxygen atoms in total. The molecule has 1 aromatic rings. The van der Waals surface area contributed by atoms with Gasteiger partial charge in [0.2, 0.25) is 5.91 Å². The maximum absolute atomic E-state index is 12.0. The number of amides is 1. The molecule has 1 aliphatic heterocycles. The summed E-state index contributed by atoms with van der Waals surface area (Å²) < 4.78 is 0. The summed E-state index contributed by atoms with van der Waals surface area (Å²) >= 11 is 0. The second kappa shape index (κ2) is 5.53. The Hall–Kier alpha value is -1.35. The van der Waals surface area contributed by atoms with E-state index in [1.807, 2.05) is 6.07 Å². The van der Waals surface area contributed by atoms with Gasteiger partial charge in [-0.05, 0) is 43.0 Å². The maximum Gasteiger partial charge on any atom is 0.224 e. The molecule has 2 unspecified atom stereocenters. The molecule has 18 heavy (non-hydrogen) atoms. The van der Waals surface area contributed by atoms with Gasteiger partial charge in [0.15, 0.2) is 0 Å².